The van der Waals surface area contributed by atoms with Crippen LogP contribution in [0, 0.1) is 5.92 Å². The Morgan fingerprint density at radius 3 is 2.84 bits per heavy atom. The lowest BCUT2D eigenvalue weighted by atomic mass is 9.99. The van der Waals surface area contributed by atoms with Gasteiger partial charge in [-0.1, -0.05) is 30.3 Å². The summed E-state index contributed by atoms with van der Waals surface area (Å²) in [6.45, 7) is 3.03. The SMILES string of the molecule is CNC(CC1CCN(Cc2ccccc2)C1)C(=O)O. The maximum absolute atomic E-state index is 11.0. The van der Waals surface area contributed by atoms with Crippen LogP contribution in [0.1, 0.15) is 18.4 Å². The van der Waals surface area contributed by atoms with E-state index in [2.05, 4.69) is 34.5 Å². The van der Waals surface area contributed by atoms with E-state index >= 15 is 0 Å². The maximum atomic E-state index is 11.0. The van der Waals surface area contributed by atoms with Crippen LogP contribution in [0.5, 0.6) is 0 Å². The molecule has 1 aliphatic heterocycles. The van der Waals surface area contributed by atoms with Crippen molar-refractivity contribution in [2.75, 3.05) is 20.1 Å². The first kappa shape index (κ1) is 14.0. The summed E-state index contributed by atoms with van der Waals surface area (Å²) in [4.78, 5) is 13.4. The summed E-state index contributed by atoms with van der Waals surface area (Å²) in [5.74, 6) is -0.263. The summed E-state index contributed by atoms with van der Waals surface area (Å²) in [7, 11) is 1.72. The molecule has 0 radical (unpaired) electrons. The number of rotatable bonds is 6. The number of nitrogens with one attached hydrogen (secondary N) is 1. The van der Waals surface area contributed by atoms with Crippen molar-refractivity contribution < 1.29 is 9.90 Å². The Balaban J connectivity index is 1.81. The van der Waals surface area contributed by atoms with Crippen molar-refractivity contribution in [3.63, 3.8) is 0 Å². The molecule has 104 valence electrons. The minimum absolute atomic E-state index is 0.415. The number of likely N-dealkylation sites (N-methyl/N-ethyl adjacent to an activating group) is 1. The van der Waals surface area contributed by atoms with Gasteiger partial charge in [0.1, 0.15) is 6.04 Å². The van der Waals surface area contributed by atoms with Gasteiger partial charge in [0.15, 0.2) is 0 Å². The van der Waals surface area contributed by atoms with E-state index in [0.717, 1.165) is 32.5 Å². The van der Waals surface area contributed by atoms with Crippen LogP contribution in [0.3, 0.4) is 0 Å². The monoisotopic (exact) mass is 262 g/mol. The van der Waals surface area contributed by atoms with Crippen molar-refractivity contribution in [2.45, 2.75) is 25.4 Å². The van der Waals surface area contributed by atoms with Gasteiger partial charge in [0.2, 0.25) is 0 Å². The first-order chi connectivity index (χ1) is 9.19. The highest BCUT2D eigenvalue weighted by Gasteiger charge is 2.27. The fourth-order valence-corrected chi connectivity index (χ4v) is 2.77. The van der Waals surface area contributed by atoms with Gasteiger partial charge in [0.25, 0.3) is 0 Å². The van der Waals surface area contributed by atoms with E-state index in [4.69, 9.17) is 5.11 Å². The smallest absolute Gasteiger partial charge is 0.320 e. The zero-order valence-electron chi connectivity index (χ0n) is 11.4. The Kier molecular flexibility index (Phi) is 4.93. The number of likely N-dealkylation sites (tertiary alicyclic amines) is 1. The molecule has 1 aliphatic rings. The highest BCUT2D eigenvalue weighted by atomic mass is 16.4. The van der Waals surface area contributed by atoms with Gasteiger partial charge in [-0.15, -0.1) is 0 Å². The van der Waals surface area contributed by atoms with Crippen LogP contribution in [0.25, 0.3) is 0 Å². The number of hydrogen-bond donors (Lipinski definition) is 2. The number of nitrogens with zero attached hydrogens (tertiary/aromatic N) is 1. The predicted octanol–water partition coefficient (Wildman–Crippen LogP) is 1.57. The fourth-order valence-electron chi connectivity index (χ4n) is 2.77. The van der Waals surface area contributed by atoms with E-state index < -0.39 is 12.0 Å². The summed E-state index contributed by atoms with van der Waals surface area (Å²) in [5.41, 5.74) is 1.33. The van der Waals surface area contributed by atoms with Crippen molar-refractivity contribution >= 4 is 5.97 Å². The Hall–Kier alpha value is -1.39. The molecule has 0 bridgehead atoms. The lowest BCUT2D eigenvalue weighted by molar-refractivity contribution is -0.139. The maximum Gasteiger partial charge on any atom is 0.320 e. The van der Waals surface area contributed by atoms with Crippen LogP contribution in [-0.4, -0.2) is 42.2 Å². The Morgan fingerprint density at radius 2 is 2.21 bits per heavy atom. The van der Waals surface area contributed by atoms with Crippen LogP contribution >= 0.6 is 0 Å². The minimum Gasteiger partial charge on any atom is -0.480 e. The van der Waals surface area contributed by atoms with Crippen molar-refractivity contribution in [3.05, 3.63) is 35.9 Å². The van der Waals surface area contributed by atoms with Crippen LogP contribution < -0.4 is 5.32 Å². The highest BCUT2D eigenvalue weighted by molar-refractivity contribution is 5.73. The number of carboxylic acids is 1. The Bertz CT molecular complexity index is 408. The molecule has 19 heavy (non-hydrogen) atoms. The van der Waals surface area contributed by atoms with Gasteiger partial charge in [-0.25, -0.2) is 0 Å². The molecule has 1 saturated heterocycles. The summed E-state index contributed by atoms with van der Waals surface area (Å²) >= 11 is 0. The van der Waals surface area contributed by atoms with Gasteiger partial charge in [0.05, 0.1) is 0 Å². The third kappa shape index (κ3) is 4.04. The molecular formula is C15H22N2O2. The Morgan fingerprint density at radius 1 is 1.47 bits per heavy atom. The highest BCUT2D eigenvalue weighted by Crippen LogP contribution is 2.22. The summed E-state index contributed by atoms with van der Waals surface area (Å²) < 4.78 is 0. The predicted molar refractivity (Wildman–Crippen MR) is 74.9 cm³/mol. The second-order valence-corrected chi connectivity index (χ2v) is 5.29. The number of aliphatic carboxylic acids is 1. The molecule has 2 N–H and O–H groups in total. The van der Waals surface area contributed by atoms with E-state index in [0.29, 0.717) is 5.92 Å². The van der Waals surface area contributed by atoms with E-state index in [1.807, 2.05) is 6.07 Å². The topological polar surface area (TPSA) is 52.6 Å². The molecule has 4 heteroatoms. The van der Waals surface area contributed by atoms with E-state index in [1.165, 1.54) is 5.56 Å². The molecule has 0 amide bonds. The van der Waals surface area contributed by atoms with Gasteiger partial charge in [-0.2, -0.15) is 0 Å². The van der Waals surface area contributed by atoms with Crippen molar-refractivity contribution in [1.82, 2.24) is 10.2 Å². The quantitative estimate of drug-likeness (QED) is 0.817. The van der Waals surface area contributed by atoms with Gasteiger partial charge < -0.3 is 10.4 Å². The number of carbonyl (C=O) groups is 1. The molecule has 1 aromatic rings. The van der Waals surface area contributed by atoms with Crippen molar-refractivity contribution in [3.8, 4) is 0 Å². The third-order valence-electron chi connectivity index (χ3n) is 3.83. The average Bonchev–Trinajstić information content (AvgIpc) is 2.84. The lowest BCUT2D eigenvalue weighted by Crippen LogP contribution is -2.36. The Labute approximate surface area is 114 Å². The number of hydrogen-bond acceptors (Lipinski definition) is 3. The van der Waals surface area contributed by atoms with E-state index in [-0.39, 0.29) is 0 Å². The van der Waals surface area contributed by atoms with Gasteiger partial charge in [0, 0.05) is 13.1 Å². The minimum atomic E-state index is -0.746. The summed E-state index contributed by atoms with van der Waals surface area (Å²) in [5, 5.41) is 11.9. The van der Waals surface area contributed by atoms with Gasteiger partial charge in [-0.3, -0.25) is 9.69 Å². The van der Waals surface area contributed by atoms with Crippen LogP contribution in [0.4, 0.5) is 0 Å². The molecule has 1 heterocycles. The molecular weight excluding hydrogens is 240 g/mol. The largest absolute Gasteiger partial charge is 0.480 e. The first-order valence-corrected chi connectivity index (χ1v) is 6.85. The molecule has 0 aromatic heterocycles. The summed E-state index contributed by atoms with van der Waals surface area (Å²) in [6, 6.07) is 10.0. The van der Waals surface area contributed by atoms with Crippen LogP contribution in [0.15, 0.2) is 30.3 Å². The molecule has 0 spiro atoms. The normalized spacial score (nSPS) is 21.4. The number of benzene rings is 1. The van der Waals surface area contributed by atoms with Crippen molar-refractivity contribution in [1.29, 1.82) is 0 Å². The molecule has 2 atom stereocenters. The molecule has 2 rings (SSSR count). The number of carboxylic acid groups (broad SMARTS) is 1. The fraction of sp³-hybridized carbons (Fsp3) is 0.533. The lowest BCUT2D eigenvalue weighted by Gasteiger charge is -2.18. The molecule has 0 aliphatic carbocycles. The van der Waals surface area contributed by atoms with Crippen molar-refractivity contribution in [2.24, 2.45) is 5.92 Å². The molecule has 1 fully saturated rings. The second kappa shape index (κ2) is 6.68. The summed E-state index contributed by atoms with van der Waals surface area (Å²) in [6.07, 6.45) is 1.81. The van der Waals surface area contributed by atoms with E-state index in [9.17, 15) is 4.79 Å². The standard InChI is InChI=1S/C15H22N2O2/c1-16-14(15(18)19)9-13-7-8-17(11-13)10-12-5-3-2-4-6-12/h2-6,13-14,16H,7-11H2,1H3,(H,18,19). The second-order valence-electron chi connectivity index (χ2n) is 5.29. The molecule has 4 nitrogen and oxygen atoms in total. The molecule has 2 unspecified atom stereocenters. The zero-order valence-corrected chi connectivity index (χ0v) is 11.4. The van der Waals surface area contributed by atoms with Gasteiger partial charge >= 0.3 is 5.97 Å². The van der Waals surface area contributed by atoms with E-state index in [1.54, 1.807) is 7.05 Å². The average molecular weight is 262 g/mol. The van der Waals surface area contributed by atoms with Crippen LogP contribution in [-0.2, 0) is 11.3 Å². The third-order valence-corrected chi connectivity index (χ3v) is 3.83. The molecule has 0 saturated carbocycles. The zero-order chi connectivity index (χ0) is 13.7. The van der Waals surface area contributed by atoms with Crippen LogP contribution in [0.2, 0.25) is 0 Å². The molecule has 1 aromatic carbocycles. The van der Waals surface area contributed by atoms with Gasteiger partial charge in [-0.05, 0) is 37.9 Å². The first-order valence-electron chi connectivity index (χ1n) is 6.85.